The quantitative estimate of drug-likeness (QED) is 0.704. The molecular formula is C18H24FN3O3. The van der Waals surface area contributed by atoms with Gasteiger partial charge >= 0.3 is 0 Å². The summed E-state index contributed by atoms with van der Waals surface area (Å²) in [5.74, 6) is -1.45. The molecule has 0 spiro atoms. The summed E-state index contributed by atoms with van der Waals surface area (Å²) in [7, 11) is 0. The fourth-order valence-corrected chi connectivity index (χ4v) is 2.47. The highest BCUT2D eigenvalue weighted by atomic mass is 19.1. The highest BCUT2D eigenvalue weighted by Crippen LogP contribution is 2.38. The Kier molecular flexibility index (Phi) is 6.12. The van der Waals surface area contributed by atoms with Crippen LogP contribution in [-0.2, 0) is 9.59 Å². The summed E-state index contributed by atoms with van der Waals surface area (Å²) in [4.78, 5) is 36.4. The van der Waals surface area contributed by atoms with Gasteiger partial charge in [-0.2, -0.15) is 0 Å². The lowest BCUT2D eigenvalue weighted by molar-refractivity contribution is -0.122. The summed E-state index contributed by atoms with van der Waals surface area (Å²) in [5, 5.41) is 7.89. The van der Waals surface area contributed by atoms with Gasteiger partial charge in [0.25, 0.3) is 5.91 Å². The lowest BCUT2D eigenvalue weighted by atomic mass is 10.1. The van der Waals surface area contributed by atoms with Gasteiger partial charge < -0.3 is 16.0 Å². The zero-order valence-electron chi connectivity index (χ0n) is 14.7. The Balaban J connectivity index is 2.08. The van der Waals surface area contributed by atoms with Gasteiger partial charge in [0.2, 0.25) is 11.8 Å². The molecule has 1 aromatic rings. The summed E-state index contributed by atoms with van der Waals surface area (Å²) < 4.78 is 13.6. The summed E-state index contributed by atoms with van der Waals surface area (Å²) >= 11 is 0. The number of hydrogen-bond acceptors (Lipinski definition) is 3. The van der Waals surface area contributed by atoms with E-state index in [0.717, 1.165) is 18.9 Å². The van der Waals surface area contributed by atoms with Gasteiger partial charge in [-0.25, -0.2) is 4.39 Å². The summed E-state index contributed by atoms with van der Waals surface area (Å²) in [5.41, 5.74) is 0.237. The topological polar surface area (TPSA) is 87.3 Å². The number of carbonyl (C=O) groups excluding carboxylic acids is 3. The summed E-state index contributed by atoms with van der Waals surface area (Å²) in [6.07, 6.45) is 1.59. The minimum atomic E-state index is -0.769. The molecule has 136 valence electrons. The Hall–Kier alpha value is -2.44. The Morgan fingerprint density at radius 1 is 1.32 bits per heavy atom. The first kappa shape index (κ1) is 18.9. The molecule has 1 aliphatic rings. The largest absolute Gasteiger partial charge is 0.354 e. The summed E-state index contributed by atoms with van der Waals surface area (Å²) in [6, 6.07) is 2.82. The molecule has 3 amide bonds. The van der Waals surface area contributed by atoms with Crippen molar-refractivity contribution in [1.82, 2.24) is 10.6 Å². The van der Waals surface area contributed by atoms with Crippen LogP contribution in [0.25, 0.3) is 0 Å². The van der Waals surface area contributed by atoms with Crippen molar-refractivity contribution in [2.75, 3.05) is 11.9 Å². The fourth-order valence-electron chi connectivity index (χ4n) is 2.47. The molecule has 0 bridgehead atoms. The Labute approximate surface area is 146 Å². The van der Waals surface area contributed by atoms with Crippen LogP contribution in [0.4, 0.5) is 10.1 Å². The van der Waals surface area contributed by atoms with E-state index in [9.17, 15) is 18.8 Å². The zero-order valence-corrected chi connectivity index (χ0v) is 14.7. The average Bonchev–Trinajstić information content (AvgIpc) is 3.30. The lowest BCUT2D eigenvalue weighted by Crippen LogP contribution is -2.45. The minimum Gasteiger partial charge on any atom is -0.354 e. The Morgan fingerprint density at radius 2 is 2.00 bits per heavy atom. The van der Waals surface area contributed by atoms with Crippen molar-refractivity contribution >= 4 is 23.4 Å². The molecule has 0 aromatic heterocycles. The van der Waals surface area contributed by atoms with Gasteiger partial charge in [-0.3, -0.25) is 14.4 Å². The maximum absolute atomic E-state index is 13.6. The molecule has 7 heteroatoms. The molecule has 3 atom stereocenters. The molecule has 0 saturated heterocycles. The molecule has 3 N–H and O–H groups in total. The average molecular weight is 349 g/mol. The van der Waals surface area contributed by atoms with E-state index in [4.69, 9.17) is 0 Å². The third kappa shape index (κ3) is 5.01. The van der Waals surface area contributed by atoms with Gasteiger partial charge in [0.05, 0.1) is 11.3 Å². The second-order valence-corrected chi connectivity index (χ2v) is 6.48. The van der Waals surface area contributed by atoms with Crippen LogP contribution < -0.4 is 16.0 Å². The number of halogens is 1. The molecular weight excluding hydrogens is 325 g/mol. The molecule has 25 heavy (non-hydrogen) atoms. The van der Waals surface area contributed by atoms with Crippen LogP contribution in [0, 0.1) is 17.7 Å². The summed E-state index contributed by atoms with van der Waals surface area (Å²) in [6.45, 7) is 5.96. The number of benzene rings is 1. The van der Waals surface area contributed by atoms with Crippen molar-refractivity contribution < 1.29 is 18.8 Å². The SMILES string of the molecule is CCCNC(=O)[C@H](C)NC(=O)c1cc(F)ccc1NC(=O)[C@H]1C[C@@H]1C. The van der Waals surface area contributed by atoms with Crippen molar-refractivity contribution in [2.24, 2.45) is 11.8 Å². The highest BCUT2D eigenvalue weighted by molar-refractivity contribution is 6.05. The predicted octanol–water partition coefficient (Wildman–Crippen LogP) is 2.06. The van der Waals surface area contributed by atoms with E-state index in [1.54, 1.807) is 6.92 Å². The smallest absolute Gasteiger partial charge is 0.254 e. The van der Waals surface area contributed by atoms with Crippen LogP contribution in [0.5, 0.6) is 0 Å². The van der Waals surface area contributed by atoms with Gasteiger partial charge in [0.1, 0.15) is 11.9 Å². The van der Waals surface area contributed by atoms with E-state index in [1.165, 1.54) is 12.1 Å². The third-order valence-electron chi connectivity index (χ3n) is 4.22. The maximum Gasteiger partial charge on any atom is 0.254 e. The van der Waals surface area contributed by atoms with E-state index in [1.807, 2.05) is 13.8 Å². The lowest BCUT2D eigenvalue weighted by Gasteiger charge is -2.16. The van der Waals surface area contributed by atoms with Gasteiger partial charge in [0, 0.05) is 12.5 Å². The maximum atomic E-state index is 13.6. The molecule has 1 fully saturated rings. The van der Waals surface area contributed by atoms with E-state index in [2.05, 4.69) is 16.0 Å². The number of amides is 3. The standard InChI is InChI=1S/C18H24FN3O3/c1-4-7-20-16(23)11(3)21-18(25)14-9-12(19)5-6-15(14)22-17(24)13-8-10(13)2/h5-6,9-11,13H,4,7-8H2,1-3H3,(H,20,23)(H,21,25)(H,22,24)/t10-,11-,13-/m0/s1. The number of rotatable bonds is 7. The number of carbonyl (C=O) groups is 3. The second kappa shape index (κ2) is 8.09. The fraction of sp³-hybridized carbons (Fsp3) is 0.500. The van der Waals surface area contributed by atoms with Gasteiger partial charge in [-0.05, 0) is 43.9 Å². The monoisotopic (exact) mass is 349 g/mol. The van der Waals surface area contributed by atoms with Crippen LogP contribution in [0.2, 0.25) is 0 Å². The Bertz CT molecular complexity index is 678. The first-order valence-corrected chi connectivity index (χ1v) is 8.52. The predicted molar refractivity (Wildman–Crippen MR) is 92.5 cm³/mol. The third-order valence-corrected chi connectivity index (χ3v) is 4.22. The molecule has 1 saturated carbocycles. The van der Waals surface area contributed by atoms with Crippen molar-refractivity contribution in [3.05, 3.63) is 29.6 Å². The van der Waals surface area contributed by atoms with Crippen molar-refractivity contribution in [3.63, 3.8) is 0 Å². The van der Waals surface area contributed by atoms with Crippen molar-refractivity contribution in [1.29, 1.82) is 0 Å². The van der Waals surface area contributed by atoms with Gasteiger partial charge in [0.15, 0.2) is 0 Å². The first-order chi connectivity index (χ1) is 11.8. The normalized spacial score (nSPS) is 19.7. The van der Waals surface area contributed by atoms with Crippen LogP contribution >= 0.6 is 0 Å². The molecule has 0 heterocycles. The Morgan fingerprint density at radius 3 is 2.60 bits per heavy atom. The van der Waals surface area contributed by atoms with Crippen LogP contribution in [0.15, 0.2) is 18.2 Å². The molecule has 1 aliphatic carbocycles. The zero-order chi connectivity index (χ0) is 18.6. The van der Waals surface area contributed by atoms with Crippen molar-refractivity contribution in [2.45, 2.75) is 39.7 Å². The van der Waals surface area contributed by atoms with Crippen LogP contribution in [0.1, 0.15) is 44.0 Å². The van der Waals surface area contributed by atoms with Gasteiger partial charge in [-0.15, -0.1) is 0 Å². The molecule has 0 aliphatic heterocycles. The second-order valence-electron chi connectivity index (χ2n) is 6.48. The van der Waals surface area contributed by atoms with Crippen LogP contribution in [-0.4, -0.2) is 30.3 Å². The number of hydrogen-bond donors (Lipinski definition) is 3. The van der Waals surface area contributed by atoms with Gasteiger partial charge in [-0.1, -0.05) is 13.8 Å². The minimum absolute atomic E-state index is 0.00297. The van der Waals surface area contributed by atoms with E-state index in [0.29, 0.717) is 12.5 Å². The van der Waals surface area contributed by atoms with E-state index in [-0.39, 0.29) is 29.0 Å². The molecule has 2 rings (SSSR count). The van der Waals surface area contributed by atoms with E-state index >= 15 is 0 Å². The molecule has 6 nitrogen and oxygen atoms in total. The van der Waals surface area contributed by atoms with Crippen molar-refractivity contribution in [3.8, 4) is 0 Å². The molecule has 0 radical (unpaired) electrons. The molecule has 1 aromatic carbocycles. The van der Waals surface area contributed by atoms with E-state index < -0.39 is 17.8 Å². The highest BCUT2D eigenvalue weighted by Gasteiger charge is 2.39. The van der Waals surface area contributed by atoms with Crippen LogP contribution in [0.3, 0.4) is 0 Å². The first-order valence-electron chi connectivity index (χ1n) is 8.52. The number of anilines is 1. The number of nitrogens with one attached hydrogen (secondary N) is 3. The molecule has 0 unspecified atom stereocenters.